The standard InChI is InChI=1S/C12H16N2O2S/c1-13(8-17)6-5-9-3-4-11-10(7-9)14(2)12(15)16-11/h3-4,7,17H,5-6,8H2,1-2H3. The molecule has 0 aliphatic rings. The van der Waals surface area contributed by atoms with E-state index in [-0.39, 0.29) is 5.76 Å². The van der Waals surface area contributed by atoms with Crippen LogP contribution in [0.1, 0.15) is 5.56 Å². The molecule has 0 radical (unpaired) electrons. The maximum Gasteiger partial charge on any atom is 0.419 e. The Balaban J connectivity index is 2.25. The van der Waals surface area contributed by atoms with Gasteiger partial charge < -0.3 is 4.42 Å². The van der Waals surface area contributed by atoms with E-state index in [1.54, 1.807) is 7.05 Å². The molecule has 2 aromatic rings. The highest BCUT2D eigenvalue weighted by molar-refractivity contribution is 7.80. The van der Waals surface area contributed by atoms with Crippen molar-refractivity contribution in [3.63, 3.8) is 0 Å². The van der Waals surface area contributed by atoms with E-state index in [2.05, 4.69) is 17.5 Å². The molecule has 0 unspecified atom stereocenters. The third-order valence-electron chi connectivity index (χ3n) is 2.88. The van der Waals surface area contributed by atoms with E-state index in [0.29, 0.717) is 5.58 Å². The largest absolute Gasteiger partial charge is 0.419 e. The van der Waals surface area contributed by atoms with E-state index >= 15 is 0 Å². The zero-order valence-electron chi connectivity index (χ0n) is 10.0. The number of rotatable bonds is 4. The van der Waals surface area contributed by atoms with Crippen molar-refractivity contribution in [1.29, 1.82) is 0 Å². The SMILES string of the molecule is CN(CS)CCc1ccc2oc(=O)n(C)c2c1. The summed E-state index contributed by atoms with van der Waals surface area (Å²) in [6.45, 7) is 0.945. The van der Waals surface area contributed by atoms with Gasteiger partial charge in [-0.15, -0.1) is 0 Å². The lowest BCUT2D eigenvalue weighted by Crippen LogP contribution is -2.19. The quantitative estimate of drug-likeness (QED) is 0.662. The number of benzene rings is 1. The highest BCUT2D eigenvalue weighted by Crippen LogP contribution is 2.14. The van der Waals surface area contributed by atoms with Crippen molar-refractivity contribution < 1.29 is 4.42 Å². The average molecular weight is 252 g/mol. The molecule has 0 atom stereocenters. The Hall–Kier alpha value is -1.20. The summed E-state index contributed by atoms with van der Waals surface area (Å²) in [6.07, 6.45) is 0.937. The summed E-state index contributed by atoms with van der Waals surface area (Å²) in [5.41, 5.74) is 2.69. The number of oxazole rings is 1. The fourth-order valence-corrected chi connectivity index (χ4v) is 1.86. The maximum absolute atomic E-state index is 11.3. The summed E-state index contributed by atoms with van der Waals surface area (Å²) in [6, 6.07) is 5.86. The fourth-order valence-electron chi connectivity index (χ4n) is 1.72. The Morgan fingerprint density at radius 1 is 1.47 bits per heavy atom. The highest BCUT2D eigenvalue weighted by atomic mass is 32.1. The molecule has 1 aromatic carbocycles. The highest BCUT2D eigenvalue weighted by Gasteiger charge is 2.06. The van der Waals surface area contributed by atoms with E-state index in [1.807, 2.05) is 25.2 Å². The fraction of sp³-hybridized carbons (Fsp3) is 0.417. The topological polar surface area (TPSA) is 38.4 Å². The summed E-state index contributed by atoms with van der Waals surface area (Å²) in [4.78, 5) is 13.5. The molecule has 0 bridgehead atoms. The summed E-state index contributed by atoms with van der Waals surface area (Å²) in [5.74, 6) is 0.427. The van der Waals surface area contributed by atoms with Crippen molar-refractivity contribution in [2.75, 3.05) is 19.5 Å². The van der Waals surface area contributed by atoms with Crippen molar-refractivity contribution in [2.24, 2.45) is 7.05 Å². The van der Waals surface area contributed by atoms with Crippen LogP contribution in [0.3, 0.4) is 0 Å². The first-order chi connectivity index (χ1) is 8.11. The van der Waals surface area contributed by atoms with Crippen LogP contribution in [0.15, 0.2) is 27.4 Å². The number of nitrogens with zero attached hydrogens (tertiary/aromatic N) is 2. The van der Waals surface area contributed by atoms with Gasteiger partial charge in [0.25, 0.3) is 0 Å². The number of likely N-dealkylation sites (N-methyl/N-ethyl adjacent to an activating group) is 1. The number of aromatic nitrogens is 1. The first-order valence-electron chi connectivity index (χ1n) is 5.49. The lowest BCUT2D eigenvalue weighted by molar-refractivity contribution is 0.399. The summed E-state index contributed by atoms with van der Waals surface area (Å²) < 4.78 is 6.61. The minimum Gasteiger partial charge on any atom is -0.408 e. The molecule has 4 nitrogen and oxygen atoms in total. The van der Waals surface area contributed by atoms with Gasteiger partial charge in [-0.2, -0.15) is 12.6 Å². The molecule has 17 heavy (non-hydrogen) atoms. The van der Waals surface area contributed by atoms with Crippen LogP contribution in [0.5, 0.6) is 0 Å². The molecule has 0 aliphatic carbocycles. The van der Waals surface area contributed by atoms with E-state index in [4.69, 9.17) is 4.42 Å². The average Bonchev–Trinajstić information content (AvgIpc) is 2.62. The van der Waals surface area contributed by atoms with E-state index < -0.39 is 0 Å². The number of aryl methyl sites for hydroxylation is 1. The molecule has 0 saturated heterocycles. The Labute approximate surface area is 105 Å². The Bertz CT molecular complexity index is 573. The van der Waals surface area contributed by atoms with Crippen LogP contribution in [0.2, 0.25) is 0 Å². The van der Waals surface area contributed by atoms with E-state index in [1.165, 1.54) is 10.1 Å². The minimum absolute atomic E-state index is 0.315. The molecule has 5 heteroatoms. The van der Waals surface area contributed by atoms with Crippen molar-refractivity contribution in [3.8, 4) is 0 Å². The Morgan fingerprint density at radius 2 is 2.24 bits per heavy atom. The number of hydrogen-bond donors (Lipinski definition) is 1. The third-order valence-corrected chi connectivity index (χ3v) is 3.36. The lowest BCUT2D eigenvalue weighted by atomic mass is 10.1. The summed E-state index contributed by atoms with van der Waals surface area (Å²) in [7, 11) is 3.75. The van der Waals surface area contributed by atoms with Crippen LogP contribution in [0.4, 0.5) is 0 Å². The molecule has 1 heterocycles. The Morgan fingerprint density at radius 3 is 2.94 bits per heavy atom. The van der Waals surface area contributed by atoms with Crippen LogP contribution in [0.25, 0.3) is 11.1 Å². The molecule has 1 aromatic heterocycles. The molecule has 0 amide bonds. The summed E-state index contributed by atoms with van der Waals surface area (Å²) in [5, 5.41) is 0. The second-order valence-corrected chi connectivity index (χ2v) is 4.48. The third kappa shape index (κ3) is 2.56. The molecular weight excluding hydrogens is 236 g/mol. The Kier molecular flexibility index (Phi) is 3.59. The van der Waals surface area contributed by atoms with Crippen molar-refractivity contribution in [2.45, 2.75) is 6.42 Å². The first-order valence-corrected chi connectivity index (χ1v) is 6.13. The van der Waals surface area contributed by atoms with Gasteiger partial charge in [0.1, 0.15) is 0 Å². The second-order valence-electron chi connectivity index (χ2n) is 4.20. The van der Waals surface area contributed by atoms with Crippen LogP contribution >= 0.6 is 12.6 Å². The predicted molar refractivity (Wildman–Crippen MR) is 71.6 cm³/mol. The van der Waals surface area contributed by atoms with E-state index in [0.717, 1.165) is 24.4 Å². The smallest absolute Gasteiger partial charge is 0.408 e. The molecule has 2 rings (SSSR count). The van der Waals surface area contributed by atoms with Gasteiger partial charge in [0.2, 0.25) is 0 Å². The summed E-state index contributed by atoms with van der Waals surface area (Å²) >= 11 is 4.21. The van der Waals surface area contributed by atoms with Gasteiger partial charge >= 0.3 is 5.76 Å². The van der Waals surface area contributed by atoms with Gasteiger partial charge in [0.15, 0.2) is 5.58 Å². The van der Waals surface area contributed by atoms with Gasteiger partial charge in [-0.1, -0.05) is 6.07 Å². The monoisotopic (exact) mass is 252 g/mol. The van der Waals surface area contributed by atoms with Crippen molar-refractivity contribution in [3.05, 3.63) is 34.3 Å². The van der Waals surface area contributed by atoms with Gasteiger partial charge in [0.05, 0.1) is 5.52 Å². The number of hydrogen-bond acceptors (Lipinski definition) is 4. The second kappa shape index (κ2) is 4.98. The molecule has 0 N–H and O–H groups in total. The number of fused-ring (bicyclic) bond motifs is 1. The zero-order chi connectivity index (χ0) is 12.4. The normalized spacial score (nSPS) is 11.5. The number of thiol groups is 1. The van der Waals surface area contributed by atoms with Crippen LogP contribution < -0.4 is 5.76 Å². The van der Waals surface area contributed by atoms with E-state index in [9.17, 15) is 4.79 Å². The van der Waals surface area contributed by atoms with Gasteiger partial charge in [-0.3, -0.25) is 9.47 Å². The van der Waals surface area contributed by atoms with Crippen molar-refractivity contribution >= 4 is 23.7 Å². The molecule has 0 aliphatic heterocycles. The lowest BCUT2D eigenvalue weighted by Gasteiger charge is -2.12. The molecule has 0 fully saturated rings. The first kappa shape index (κ1) is 12.3. The predicted octanol–water partition coefficient (Wildman–Crippen LogP) is 1.49. The van der Waals surface area contributed by atoms with Gasteiger partial charge in [-0.05, 0) is 31.2 Å². The molecular formula is C12H16N2O2S. The van der Waals surface area contributed by atoms with Crippen LogP contribution in [0, 0.1) is 0 Å². The maximum atomic E-state index is 11.3. The van der Waals surface area contributed by atoms with Gasteiger partial charge in [0, 0.05) is 19.5 Å². The zero-order valence-corrected chi connectivity index (χ0v) is 10.9. The van der Waals surface area contributed by atoms with Crippen LogP contribution in [-0.4, -0.2) is 28.9 Å². The van der Waals surface area contributed by atoms with Crippen molar-refractivity contribution in [1.82, 2.24) is 9.47 Å². The molecule has 0 spiro atoms. The molecule has 0 saturated carbocycles. The van der Waals surface area contributed by atoms with Crippen LogP contribution in [-0.2, 0) is 13.5 Å². The molecule has 92 valence electrons. The van der Waals surface area contributed by atoms with Gasteiger partial charge in [-0.25, -0.2) is 4.79 Å². The minimum atomic E-state index is -0.315.